The SMILES string of the molecule is CC(C)(C)OC(=O)N1CCN(Cc2cccc(Oc3cccnc3)c2)CC1.CC(C)(C)OC(=O)c1ccn(C(=O)N2CCN(Cc3cccc(Oc4cccnc4)c3)CC2)n1.CC(C)(C)OC(=O)c1ccn(C(=O)Oc2ccc([N+](=O)[O-])cc2)n1. The van der Waals surface area contributed by atoms with Crippen LogP contribution in [0.15, 0.2) is 146 Å². The van der Waals surface area contributed by atoms with Crippen molar-refractivity contribution in [3.8, 4) is 28.7 Å². The average Bonchev–Trinajstić information content (AvgIpc) is 4.41. The summed E-state index contributed by atoms with van der Waals surface area (Å²) in [6.45, 7) is 23.4. The Bertz CT molecular complexity index is 3360. The van der Waals surface area contributed by atoms with Crippen LogP contribution in [-0.4, -0.2) is 153 Å². The number of hydrogen-bond donors (Lipinski definition) is 0. The minimum atomic E-state index is -0.862. The zero-order chi connectivity index (χ0) is 61.3. The van der Waals surface area contributed by atoms with Crippen LogP contribution in [-0.2, 0) is 27.3 Å². The summed E-state index contributed by atoms with van der Waals surface area (Å²) in [5, 5.41) is 18.5. The molecule has 0 aliphatic carbocycles. The lowest BCUT2D eigenvalue weighted by atomic mass is 10.2. The number of nitro benzene ring substituents is 1. The first-order valence-corrected chi connectivity index (χ1v) is 27.4. The normalized spacial score (nSPS) is 13.8. The molecule has 0 radical (unpaired) electrons. The predicted molar refractivity (Wildman–Crippen MR) is 312 cm³/mol. The number of aromatic nitrogens is 6. The van der Waals surface area contributed by atoms with Gasteiger partial charge in [0.05, 0.1) is 17.3 Å². The van der Waals surface area contributed by atoms with E-state index in [1.807, 2.05) is 81.4 Å². The zero-order valence-electron chi connectivity index (χ0n) is 49.2. The van der Waals surface area contributed by atoms with E-state index in [1.165, 1.54) is 59.0 Å². The van der Waals surface area contributed by atoms with Gasteiger partial charge in [0.15, 0.2) is 11.4 Å². The van der Waals surface area contributed by atoms with Crippen LogP contribution in [0.25, 0.3) is 0 Å². The minimum absolute atomic E-state index is 0.0365. The molecule has 9 rings (SSSR count). The molecule has 2 fully saturated rings. The van der Waals surface area contributed by atoms with Gasteiger partial charge >= 0.3 is 30.2 Å². The maximum atomic E-state index is 12.8. The van der Waals surface area contributed by atoms with Crippen molar-refractivity contribution >= 4 is 35.8 Å². The lowest BCUT2D eigenvalue weighted by Crippen LogP contribution is -2.49. The molecule has 2 aliphatic heterocycles. The van der Waals surface area contributed by atoms with Crippen LogP contribution in [0.5, 0.6) is 28.7 Å². The van der Waals surface area contributed by atoms with E-state index in [9.17, 15) is 34.1 Å². The maximum absolute atomic E-state index is 12.8. The van der Waals surface area contributed by atoms with Gasteiger partial charge in [-0.2, -0.15) is 19.6 Å². The monoisotopic (exact) mass is 1170 g/mol. The van der Waals surface area contributed by atoms with Crippen LogP contribution in [0.2, 0.25) is 0 Å². The van der Waals surface area contributed by atoms with Gasteiger partial charge in [-0.3, -0.25) is 29.9 Å². The van der Waals surface area contributed by atoms with Crippen molar-refractivity contribution in [1.82, 2.24) is 49.1 Å². The molecule has 2 aliphatic rings. The van der Waals surface area contributed by atoms with Crippen LogP contribution in [0.4, 0.5) is 20.1 Å². The molecule has 0 spiro atoms. The summed E-state index contributed by atoms with van der Waals surface area (Å²) < 4.78 is 34.7. The number of piperazine rings is 2. The van der Waals surface area contributed by atoms with Crippen molar-refractivity contribution in [2.45, 2.75) is 92.2 Å². The Labute approximate surface area is 492 Å². The molecule has 4 aromatic heterocycles. The van der Waals surface area contributed by atoms with Gasteiger partial charge in [-0.25, -0.2) is 24.0 Å². The highest BCUT2D eigenvalue weighted by Gasteiger charge is 2.28. The van der Waals surface area contributed by atoms with Gasteiger partial charge in [0.1, 0.15) is 45.6 Å². The minimum Gasteiger partial charge on any atom is -0.456 e. The van der Waals surface area contributed by atoms with E-state index in [0.29, 0.717) is 31.9 Å². The topological polar surface area (TPSA) is 258 Å². The smallest absolute Gasteiger partial charge is 0.440 e. The van der Waals surface area contributed by atoms with Crippen molar-refractivity contribution in [3.63, 3.8) is 0 Å². The molecular weight excluding hydrogens is 1090 g/mol. The molecule has 24 nitrogen and oxygen atoms in total. The number of carbonyl (C=O) groups excluding carboxylic acids is 5. The molecule has 0 unspecified atom stereocenters. The van der Waals surface area contributed by atoms with Crippen molar-refractivity contribution in [1.29, 1.82) is 0 Å². The second-order valence-corrected chi connectivity index (χ2v) is 22.6. The molecule has 0 saturated carbocycles. The summed E-state index contributed by atoms with van der Waals surface area (Å²) in [4.78, 5) is 87.2. The van der Waals surface area contributed by atoms with E-state index >= 15 is 0 Å². The first-order valence-electron chi connectivity index (χ1n) is 27.4. The molecule has 2 amide bonds. The molecule has 448 valence electrons. The molecule has 3 aromatic carbocycles. The van der Waals surface area contributed by atoms with E-state index in [-0.39, 0.29) is 34.9 Å². The van der Waals surface area contributed by atoms with Gasteiger partial charge in [-0.15, -0.1) is 0 Å². The summed E-state index contributed by atoms with van der Waals surface area (Å²) in [6, 6.07) is 31.1. The zero-order valence-corrected chi connectivity index (χ0v) is 49.2. The molecule has 24 heteroatoms. The largest absolute Gasteiger partial charge is 0.456 e. The predicted octanol–water partition coefficient (Wildman–Crippen LogP) is 10.5. The number of esters is 2. The van der Waals surface area contributed by atoms with E-state index < -0.39 is 39.8 Å². The summed E-state index contributed by atoms with van der Waals surface area (Å²) in [5.74, 6) is 1.88. The lowest BCUT2D eigenvalue weighted by molar-refractivity contribution is -0.384. The average molecular weight is 1170 g/mol. The molecule has 2 saturated heterocycles. The Morgan fingerprint density at radius 3 is 1.36 bits per heavy atom. The second-order valence-electron chi connectivity index (χ2n) is 22.6. The fraction of sp³-hybridized carbons (Fsp3) is 0.361. The summed E-state index contributed by atoms with van der Waals surface area (Å²) in [6.07, 6.45) is 8.48. The van der Waals surface area contributed by atoms with Crippen LogP contribution in [0.3, 0.4) is 0 Å². The molecule has 6 heterocycles. The number of benzene rings is 3. The fourth-order valence-corrected chi connectivity index (χ4v) is 8.19. The van der Waals surface area contributed by atoms with E-state index in [0.717, 1.165) is 66.8 Å². The third-order valence-electron chi connectivity index (χ3n) is 12.0. The Morgan fingerprint density at radius 2 is 0.929 bits per heavy atom. The highest BCUT2D eigenvalue weighted by molar-refractivity contribution is 5.89. The fourth-order valence-electron chi connectivity index (χ4n) is 8.19. The quantitative estimate of drug-likeness (QED) is 0.0477. The van der Waals surface area contributed by atoms with E-state index in [1.54, 1.807) is 76.1 Å². The number of amides is 2. The highest BCUT2D eigenvalue weighted by atomic mass is 16.6. The Hall–Kier alpha value is -9.55. The van der Waals surface area contributed by atoms with Crippen LogP contribution >= 0.6 is 0 Å². The number of pyridine rings is 2. The third kappa shape index (κ3) is 20.7. The Morgan fingerprint density at radius 1 is 0.494 bits per heavy atom. The molecular formula is C61H71N11O13. The maximum Gasteiger partial charge on any atom is 0.440 e. The molecule has 85 heavy (non-hydrogen) atoms. The van der Waals surface area contributed by atoms with Crippen LogP contribution in [0, 0.1) is 10.1 Å². The van der Waals surface area contributed by atoms with Gasteiger partial charge in [0.2, 0.25) is 0 Å². The van der Waals surface area contributed by atoms with Gasteiger partial charge in [0.25, 0.3) is 5.69 Å². The standard InChI is InChI=1S/C25H29N5O4.C21H27N3O3.C15H15N3O6/c1-25(2,3)34-23(31)22-9-11-30(27-22)24(32)29-14-12-28(13-15-29)18-19-6-4-7-20(16-19)33-21-8-5-10-26-17-21;1-21(2,3)27-20(25)24-12-10-23(11-13-24)16-17-6-4-7-18(14-17)26-19-8-5-9-22-15-19;1-15(2,3)24-13(19)12-8-9-17(16-12)14(20)23-11-6-4-10(5-7-11)18(21)22/h4-11,16-17H,12-15,18H2,1-3H3;4-9,14-15H,10-13,16H2,1-3H3;4-9H,1-3H3. The van der Waals surface area contributed by atoms with Crippen LogP contribution < -0.4 is 14.2 Å². The van der Waals surface area contributed by atoms with Gasteiger partial charge in [0, 0.05) is 102 Å². The number of rotatable bonds is 12. The van der Waals surface area contributed by atoms with Crippen molar-refractivity contribution in [3.05, 3.63) is 179 Å². The number of ether oxygens (including phenoxy) is 6. The summed E-state index contributed by atoms with van der Waals surface area (Å²) >= 11 is 0. The summed E-state index contributed by atoms with van der Waals surface area (Å²) in [5.41, 5.74) is 0.522. The van der Waals surface area contributed by atoms with Crippen LogP contribution in [0.1, 0.15) is 94.4 Å². The molecule has 7 aromatic rings. The second kappa shape index (κ2) is 28.6. The first-order chi connectivity index (χ1) is 40.3. The Kier molecular flexibility index (Phi) is 21.2. The molecule has 0 bridgehead atoms. The van der Waals surface area contributed by atoms with Crippen molar-refractivity contribution in [2.24, 2.45) is 0 Å². The third-order valence-corrected chi connectivity index (χ3v) is 12.0. The Balaban J connectivity index is 0.000000186. The van der Waals surface area contributed by atoms with Gasteiger partial charge < -0.3 is 38.2 Å². The summed E-state index contributed by atoms with van der Waals surface area (Å²) in [7, 11) is 0. The van der Waals surface area contributed by atoms with Gasteiger partial charge in [-0.1, -0.05) is 24.3 Å². The molecule has 0 atom stereocenters. The van der Waals surface area contributed by atoms with E-state index in [4.69, 9.17) is 28.4 Å². The number of carbonyl (C=O) groups is 5. The number of nitro groups is 1. The number of non-ortho nitro benzene ring substituents is 1. The first kappa shape index (κ1) is 63.0. The molecule has 0 N–H and O–H groups in total. The number of nitrogens with zero attached hydrogens (tertiary/aromatic N) is 11. The number of hydrogen-bond acceptors (Lipinski definition) is 19. The van der Waals surface area contributed by atoms with Crippen molar-refractivity contribution in [2.75, 3.05) is 52.4 Å². The highest BCUT2D eigenvalue weighted by Crippen LogP contribution is 2.25. The lowest BCUT2D eigenvalue weighted by Gasteiger charge is -2.35. The van der Waals surface area contributed by atoms with E-state index in [2.05, 4.69) is 42.1 Å². The van der Waals surface area contributed by atoms with Crippen molar-refractivity contribution < 1.29 is 57.3 Å². The van der Waals surface area contributed by atoms with Gasteiger partial charge in [-0.05, 0) is 146 Å².